The number of amides is 1. The number of hydrogen-bond donors (Lipinski definition) is 2. The van der Waals surface area contributed by atoms with E-state index in [-0.39, 0.29) is 12.5 Å². The van der Waals surface area contributed by atoms with Gasteiger partial charge in [0, 0.05) is 6.42 Å². The van der Waals surface area contributed by atoms with Gasteiger partial charge in [0.2, 0.25) is 5.91 Å². The Morgan fingerprint density at radius 1 is 0.391 bits per heavy atom. The summed E-state index contributed by atoms with van der Waals surface area (Å²) in [6.07, 6.45) is 107. The predicted molar refractivity (Wildman–Crippen MR) is 403 cm³/mol. The van der Waals surface area contributed by atoms with E-state index in [1.807, 2.05) is 27.2 Å². The van der Waals surface area contributed by atoms with Crippen molar-refractivity contribution < 1.29 is 32.9 Å². The van der Waals surface area contributed by atoms with Gasteiger partial charge in [0.05, 0.1) is 39.9 Å². The lowest BCUT2D eigenvalue weighted by Crippen LogP contribution is -2.45. The summed E-state index contributed by atoms with van der Waals surface area (Å²) in [5, 5.41) is 14.0. The van der Waals surface area contributed by atoms with Crippen molar-refractivity contribution in [2.75, 3.05) is 40.9 Å². The van der Waals surface area contributed by atoms with Crippen molar-refractivity contribution in [3.05, 3.63) is 109 Å². The van der Waals surface area contributed by atoms with Crippen molar-refractivity contribution in [2.45, 2.75) is 373 Å². The van der Waals surface area contributed by atoms with Gasteiger partial charge in [-0.05, 0) is 89.9 Å². The van der Waals surface area contributed by atoms with Gasteiger partial charge in [-0.25, -0.2) is 0 Å². The number of likely N-dealkylation sites (N-methyl/N-ethyl adjacent to an activating group) is 1. The lowest BCUT2D eigenvalue weighted by molar-refractivity contribution is -0.870. The number of nitrogens with one attached hydrogen (secondary N) is 1. The maximum absolute atomic E-state index is 13.1. The molecule has 0 aliphatic rings. The Morgan fingerprint density at radius 3 is 1.01 bits per heavy atom. The normalized spacial score (nSPS) is 14.1. The van der Waals surface area contributed by atoms with Crippen LogP contribution in [0.25, 0.3) is 0 Å². The van der Waals surface area contributed by atoms with Crippen molar-refractivity contribution in [2.24, 2.45) is 0 Å². The van der Waals surface area contributed by atoms with E-state index in [1.165, 1.54) is 257 Å². The summed E-state index contributed by atoms with van der Waals surface area (Å²) in [7, 11) is 1.25. The zero-order chi connectivity index (χ0) is 66.9. The Bertz CT molecular complexity index is 1870. The van der Waals surface area contributed by atoms with Crippen molar-refractivity contribution in [3.8, 4) is 0 Å². The first-order chi connectivity index (χ1) is 45.0. The third kappa shape index (κ3) is 74.6. The maximum Gasteiger partial charge on any atom is 0.268 e. The van der Waals surface area contributed by atoms with Gasteiger partial charge in [0.25, 0.3) is 7.82 Å². The molecule has 0 spiro atoms. The molecule has 9 heteroatoms. The van der Waals surface area contributed by atoms with Gasteiger partial charge in [0.15, 0.2) is 0 Å². The third-order valence-electron chi connectivity index (χ3n) is 17.5. The van der Waals surface area contributed by atoms with Gasteiger partial charge < -0.3 is 28.8 Å². The van der Waals surface area contributed by atoms with Gasteiger partial charge >= 0.3 is 0 Å². The van der Waals surface area contributed by atoms with Crippen LogP contribution in [-0.2, 0) is 18.4 Å². The van der Waals surface area contributed by atoms with E-state index >= 15 is 0 Å². The van der Waals surface area contributed by atoms with Gasteiger partial charge in [-0.15, -0.1) is 0 Å². The Labute approximate surface area is 572 Å². The molecule has 3 unspecified atom stereocenters. The number of carbonyl (C=O) groups excluding carboxylic acids is 1. The number of hydrogen-bond acceptors (Lipinski definition) is 6. The average molecular weight is 1300 g/mol. The standard InChI is InChI=1S/C83H151N2O6P/c1-6-8-10-12-14-16-18-20-22-24-26-28-30-32-34-36-37-38-39-40-41-42-43-44-45-46-47-49-51-53-55-57-59-61-63-65-67-69-71-73-75-77-83(87)84-81(80-91-92(88,89)90-79-78-85(3,4)5)82(86)76-74-72-70-68-66-64-62-60-58-56-54-52-50-48-35-33-31-29-27-25-23-21-19-17-15-13-11-9-7-2/h8,10,14,16,20,22,26,28,32,34,37-38,40-41,66,68,74,76,81-82,86H,6-7,9,11-13,15,17-19,21,23-25,27,29-31,33,35-36,39,42-65,67,69-73,75,77-80H2,1-5H3,(H-,84,87,88,89)/b10-8-,16-14-,22-20-,28-26-,34-32-,38-37-,41-40-,68-66+,76-74+. The molecule has 0 heterocycles. The maximum atomic E-state index is 13.1. The molecule has 0 aromatic rings. The van der Waals surface area contributed by atoms with Crippen LogP contribution in [0.3, 0.4) is 0 Å². The number of carbonyl (C=O) groups is 1. The highest BCUT2D eigenvalue weighted by atomic mass is 31.2. The van der Waals surface area contributed by atoms with Crippen molar-refractivity contribution in [3.63, 3.8) is 0 Å². The molecule has 1 amide bonds. The number of aliphatic hydroxyl groups excluding tert-OH is 1. The van der Waals surface area contributed by atoms with Gasteiger partial charge in [-0.3, -0.25) is 9.36 Å². The van der Waals surface area contributed by atoms with Crippen LogP contribution in [0.4, 0.5) is 0 Å². The Balaban J connectivity index is 4.01. The number of quaternary nitrogens is 1. The van der Waals surface area contributed by atoms with Crippen LogP contribution in [0.5, 0.6) is 0 Å². The molecular weight excluding hydrogens is 1150 g/mol. The highest BCUT2D eigenvalue weighted by molar-refractivity contribution is 7.45. The van der Waals surface area contributed by atoms with Gasteiger partial charge in [-0.1, -0.05) is 374 Å². The fraction of sp³-hybridized carbons (Fsp3) is 0.771. The second-order valence-electron chi connectivity index (χ2n) is 27.7. The van der Waals surface area contributed by atoms with E-state index in [4.69, 9.17) is 9.05 Å². The lowest BCUT2D eigenvalue weighted by Gasteiger charge is -2.29. The molecule has 0 rings (SSSR count). The summed E-state index contributed by atoms with van der Waals surface area (Å²) in [6, 6.07) is -0.909. The molecular formula is C83H151N2O6P. The molecule has 3 atom stereocenters. The van der Waals surface area contributed by atoms with E-state index in [0.29, 0.717) is 17.4 Å². The molecule has 0 aliphatic carbocycles. The summed E-state index contributed by atoms with van der Waals surface area (Å²) in [4.78, 5) is 25.7. The summed E-state index contributed by atoms with van der Waals surface area (Å²) in [6.45, 7) is 4.55. The van der Waals surface area contributed by atoms with Crippen LogP contribution in [-0.4, -0.2) is 68.5 Å². The lowest BCUT2D eigenvalue weighted by atomic mass is 10.0. The van der Waals surface area contributed by atoms with Crippen LogP contribution in [0.2, 0.25) is 0 Å². The Hall–Kier alpha value is -2.84. The minimum atomic E-state index is -4.62. The molecule has 0 saturated heterocycles. The molecule has 0 aromatic heterocycles. The molecule has 0 bridgehead atoms. The second-order valence-corrected chi connectivity index (χ2v) is 29.1. The van der Waals surface area contributed by atoms with Crippen molar-refractivity contribution in [1.29, 1.82) is 0 Å². The fourth-order valence-corrected chi connectivity index (χ4v) is 12.2. The van der Waals surface area contributed by atoms with Crippen LogP contribution in [0.15, 0.2) is 109 Å². The number of rotatable bonds is 72. The van der Waals surface area contributed by atoms with Crippen molar-refractivity contribution >= 4 is 13.7 Å². The van der Waals surface area contributed by atoms with E-state index in [9.17, 15) is 19.4 Å². The zero-order valence-electron chi connectivity index (χ0n) is 61.2. The zero-order valence-corrected chi connectivity index (χ0v) is 62.1. The first-order valence-corrected chi connectivity index (χ1v) is 40.7. The topological polar surface area (TPSA) is 108 Å². The van der Waals surface area contributed by atoms with Crippen LogP contribution < -0.4 is 10.2 Å². The van der Waals surface area contributed by atoms with E-state index in [0.717, 1.165) is 83.5 Å². The van der Waals surface area contributed by atoms with Gasteiger partial charge in [-0.2, -0.15) is 0 Å². The number of aliphatic hydroxyl groups is 1. The largest absolute Gasteiger partial charge is 0.756 e. The van der Waals surface area contributed by atoms with Crippen LogP contribution in [0, 0.1) is 0 Å². The molecule has 2 N–H and O–H groups in total. The third-order valence-corrected chi connectivity index (χ3v) is 18.4. The molecule has 0 aliphatic heterocycles. The quantitative estimate of drug-likeness (QED) is 0.0272. The first-order valence-electron chi connectivity index (χ1n) is 39.2. The minimum absolute atomic E-state index is 0.00806. The first kappa shape index (κ1) is 89.2. The monoisotopic (exact) mass is 1300 g/mol. The number of unbranched alkanes of at least 4 members (excludes halogenated alkanes) is 43. The Kier molecular flexibility index (Phi) is 70.2. The SMILES string of the molecule is CC/C=C\C/C=C\C/C=C\C/C=C\C/C=C\C/C=C\C/C=C\CCCCCCCCCCCCCCCCCCCCCC(=O)NC(COP(=O)([O-])OCC[N+](C)(C)C)C(O)/C=C/CC/C=C/CCCCCCCCCCCCCCCCCCCCCCCCC. The highest BCUT2D eigenvalue weighted by Crippen LogP contribution is 2.38. The summed E-state index contributed by atoms with van der Waals surface area (Å²) in [5.41, 5.74) is 0. The van der Waals surface area contributed by atoms with E-state index in [1.54, 1.807) is 6.08 Å². The predicted octanol–water partition coefficient (Wildman–Crippen LogP) is 25.2. The van der Waals surface area contributed by atoms with Crippen LogP contribution >= 0.6 is 7.82 Å². The number of nitrogens with zero attached hydrogens (tertiary/aromatic N) is 1. The van der Waals surface area contributed by atoms with E-state index < -0.39 is 26.6 Å². The summed E-state index contributed by atoms with van der Waals surface area (Å²) < 4.78 is 23.5. The van der Waals surface area contributed by atoms with Gasteiger partial charge in [0.1, 0.15) is 13.2 Å². The van der Waals surface area contributed by atoms with Crippen LogP contribution in [0.1, 0.15) is 361 Å². The highest BCUT2D eigenvalue weighted by Gasteiger charge is 2.23. The number of phosphoric acid groups is 1. The smallest absolute Gasteiger partial charge is 0.268 e. The molecule has 0 aromatic carbocycles. The molecule has 0 fully saturated rings. The molecule has 92 heavy (non-hydrogen) atoms. The summed E-state index contributed by atoms with van der Waals surface area (Å²) >= 11 is 0. The average Bonchev–Trinajstić information content (AvgIpc) is 2.63. The summed E-state index contributed by atoms with van der Waals surface area (Å²) in [5.74, 6) is -0.204. The minimum Gasteiger partial charge on any atom is -0.756 e. The molecule has 0 saturated carbocycles. The molecule has 0 radical (unpaired) electrons. The second kappa shape index (κ2) is 72.4. The Morgan fingerprint density at radius 2 is 0.674 bits per heavy atom. The number of phosphoric ester groups is 1. The molecule has 534 valence electrons. The molecule has 8 nitrogen and oxygen atoms in total. The number of allylic oxidation sites excluding steroid dienone is 17. The van der Waals surface area contributed by atoms with E-state index in [2.05, 4.69) is 116 Å². The van der Waals surface area contributed by atoms with Crippen molar-refractivity contribution in [1.82, 2.24) is 5.32 Å². The fourth-order valence-electron chi connectivity index (χ4n) is 11.4.